The van der Waals surface area contributed by atoms with Crippen molar-refractivity contribution in [3.63, 3.8) is 0 Å². The Balaban J connectivity index is 1.62. The van der Waals surface area contributed by atoms with Crippen LogP contribution in [0.25, 0.3) is 11.4 Å². The first-order chi connectivity index (χ1) is 13.3. The van der Waals surface area contributed by atoms with E-state index in [1.165, 1.54) is 4.68 Å². The van der Waals surface area contributed by atoms with E-state index in [-0.39, 0.29) is 12.3 Å². The number of carbonyl (C=O) groups excluding carboxylic acids is 1. The molecule has 4 rings (SSSR count). The number of benzene rings is 1. The quantitative estimate of drug-likeness (QED) is 0.553. The lowest BCUT2D eigenvalue weighted by Gasteiger charge is -2.06. The summed E-state index contributed by atoms with van der Waals surface area (Å²) in [6.45, 7) is 0.585. The number of nitrogens with one attached hydrogen (secondary N) is 1. The van der Waals surface area contributed by atoms with Gasteiger partial charge in [0.15, 0.2) is 5.82 Å². The summed E-state index contributed by atoms with van der Waals surface area (Å²) in [6.07, 6.45) is 3.63. The molecule has 7 heteroatoms. The molecule has 0 saturated carbocycles. The first-order valence-electron chi connectivity index (χ1n) is 8.50. The van der Waals surface area contributed by atoms with Crippen molar-refractivity contribution in [3.8, 4) is 11.4 Å². The fraction of sp³-hybridized carbons (Fsp3) is 0.100. The molecule has 3 heterocycles. The van der Waals surface area contributed by atoms with E-state index >= 15 is 0 Å². The molecule has 6 nitrogen and oxygen atoms in total. The number of rotatable bonds is 6. The number of thiophene rings is 1. The summed E-state index contributed by atoms with van der Waals surface area (Å²) in [4.78, 5) is 22.6. The standard InChI is InChI=1S/C20H17N5OS/c26-18(12-15-6-2-1-3-7-15)25-20(22-14-17-9-5-11-27-17)23-19(24-25)16-8-4-10-21-13-16/h1-11,13H,12,14H2,(H,22,23,24). The van der Waals surface area contributed by atoms with Crippen molar-refractivity contribution in [1.82, 2.24) is 19.7 Å². The predicted molar refractivity (Wildman–Crippen MR) is 106 cm³/mol. The van der Waals surface area contributed by atoms with Gasteiger partial charge in [-0.3, -0.25) is 9.78 Å². The van der Waals surface area contributed by atoms with E-state index < -0.39 is 0 Å². The van der Waals surface area contributed by atoms with E-state index in [1.54, 1.807) is 23.7 Å². The number of pyridine rings is 1. The van der Waals surface area contributed by atoms with Crippen LogP contribution < -0.4 is 5.32 Å². The van der Waals surface area contributed by atoms with Crippen molar-refractivity contribution in [3.05, 3.63) is 82.8 Å². The third-order valence-corrected chi connectivity index (χ3v) is 4.84. The van der Waals surface area contributed by atoms with Gasteiger partial charge in [0.25, 0.3) is 5.91 Å². The van der Waals surface area contributed by atoms with Crippen LogP contribution in [0.5, 0.6) is 0 Å². The molecule has 3 aromatic heterocycles. The van der Waals surface area contributed by atoms with Crippen molar-refractivity contribution in [1.29, 1.82) is 0 Å². The first-order valence-corrected chi connectivity index (χ1v) is 9.38. The topological polar surface area (TPSA) is 72.7 Å². The number of nitrogens with zero attached hydrogens (tertiary/aromatic N) is 4. The normalized spacial score (nSPS) is 10.7. The lowest BCUT2D eigenvalue weighted by atomic mass is 10.1. The van der Waals surface area contributed by atoms with Crippen LogP contribution in [0, 0.1) is 0 Å². The summed E-state index contributed by atoms with van der Waals surface area (Å²) < 4.78 is 1.35. The zero-order valence-electron chi connectivity index (χ0n) is 14.4. The van der Waals surface area contributed by atoms with Gasteiger partial charge in [0.2, 0.25) is 5.95 Å². The van der Waals surface area contributed by atoms with Gasteiger partial charge in [-0.05, 0) is 29.1 Å². The Morgan fingerprint density at radius 1 is 1.07 bits per heavy atom. The van der Waals surface area contributed by atoms with Gasteiger partial charge >= 0.3 is 0 Å². The summed E-state index contributed by atoms with van der Waals surface area (Å²) >= 11 is 1.65. The molecule has 27 heavy (non-hydrogen) atoms. The summed E-state index contributed by atoms with van der Waals surface area (Å²) in [6, 6.07) is 17.3. The molecule has 0 aliphatic heterocycles. The summed E-state index contributed by atoms with van der Waals surface area (Å²) in [5.41, 5.74) is 1.70. The lowest BCUT2D eigenvalue weighted by molar-refractivity contribution is 0.0901. The number of anilines is 1. The molecule has 0 saturated heterocycles. The molecule has 0 unspecified atom stereocenters. The fourth-order valence-electron chi connectivity index (χ4n) is 2.64. The molecule has 4 aromatic rings. The molecule has 1 N–H and O–H groups in total. The molecular formula is C20H17N5OS. The van der Waals surface area contributed by atoms with Gasteiger partial charge in [-0.25, -0.2) is 0 Å². The Bertz CT molecular complexity index is 1010. The van der Waals surface area contributed by atoms with E-state index in [0.29, 0.717) is 18.3 Å². The van der Waals surface area contributed by atoms with E-state index in [0.717, 1.165) is 16.0 Å². The van der Waals surface area contributed by atoms with Crippen LogP contribution in [0.2, 0.25) is 0 Å². The van der Waals surface area contributed by atoms with Crippen LogP contribution in [0.15, 0.2) is 72.4 Å². The second kappa shape index (κ2) is 7.92. The van der Waals surface area contributed by atoms with Crippen molar-refractivity contribution < 1.29 is 4.79 Å². The van der Waals surface area contributed by atoms with Gasteiger partial charge in [0.1, 0.15) is 0 Å². The van der Waals surface area contributed by atoms with Crippen molar-refractivity contribution >= 4 is 23.2 Å². The molecule has 0 radical (unpaired) electrons. The van der Waals surface area contributed by atoms with Crippen LogP contribution in [-0.4, -0.2) is 25.7 Å². The van der Waals surface area contributed by atoms with Crippen LogP contribution >= 0.6 is 11.3 Å². The highest BCUT2D eigenvalue weighted by molar-refractivity contribution is 7.09. The van der Waals surface area contributed by atoms with Gasteiger partial charge in [-0.2, -0.15) is 9.67 Å². The maximum absolute atomic E-state index is 12.8. The Morgan fingerprint density at radius 2 is 1.96 bits per heavy atom. The molecule has 0 fully saturated rings. The van der Waals surface area contributed by atoms with Crippen molar-refractivity contribution in [2.45, 2.75) is 13.0 Å². The highest BCUT2D eigenvalue weighted by Gasteiger charge is 2.17. The van der Waals surface area contributed by atoms with Gasteiger partial charge < -0.3 is 5.32 Å². The van der Waals surface area contributed by atoms with E-state index in [4.69, 9.17) is 0 Å². The van der Waals surface area contributed by atoms with Crippen molar-refractivity contribution in [2.75, 3.05) is 5.32 Å². The summed E-state index contributed by atoms with van der Waals surface area (Å²) in [5, 5.41) is 9.68. The molecule has 0 spiro atoms. The molecule has 134 valence electrons. The SMILES string of the molecule is O=C(Cc1ccccc1)n1nc(-c2cccnc2)nc1NCc1cccs1. The minimum absolute atomic E-state index is 0.141. The second-order valence-electron chi connectivity index (χ2n) is 5.90. The number of hydrogen-bond acceptors (Lipinski definition) is 6. The molecular weight excluding hydrogens is 358 g/mol. The molecule has 1 aromatic carbocycles. The highest BCUT2D eigenvalue weighted by atomic mass is 32.1. The zero-order chi connectivity index (χ0) is 18.5. The largest absolute Gasteiger partial charge is 0.349 e. The number of aromatic nitrogens is 4. The lowest BCUT2D eigenvalue weighted by Crippen LogP contribution is -2.18. The first kappa shape index (κ1) is 17.1. The van der Waals surface area contributed by atoms with Gasteiger partial charge in [0.05, 0.1) is 13.0 Å². The van der Waals surface area contributed by atoms with E-state index in [1.807, 2.05) is 60.0 Å². The Morgan fingerprint density at radius 3 is 2.70 bits per heavy atom. The predicted octanol–water partition coefficient (Wildman–Crippen LogP) is 3.90. The Kier molecular flexibility index (Phi) is 5.02. The molecule has 0 aliphatic carbocycles. The van der Waals surface area contributed by atoms with E-state index in [9.17, 15) is 4.79 Å². The summed E-state index contributed by atoms with van der Waals surface area (Å²) in [5.74, 6) is 0.763. The minimum atomic E-state index is -0.141. The fourth-order valence-corrected chi connectivity index (χ4v) is 3.29. The Labute approximate surface area is 160 Å². The molecule has 0 amide bonds. The Hall–Kier alpha value is -3.32. The van der Waals surface area contributed by atoms with Crippen molar-refractivity contribution in [2.24, 2.45) is 0 Å². The molecule has 0 atom stereocenters. The zero-order valence-corrected chi connectivity index (χ0v) is 15.3. The minimum Gasteiger partial charge on any atom is -0.349 e. The maximum Gasteiger partial charge on any atom is 0.254 e. The second-order valence-corrected chi connectivity index (χ2v) is 6.93. The average Bonchev–Trinajstić information content (AvgIpc) is 3.38. The third-order valence-electron chi connectivity index (χ3n) is 3.96. The highest BCUT2D eigenvalue weighted by Crippen LogP contribution is 2.19. The summed E-state index contributed by atoms with van der Waals surface area (Å²) in [7, 11) is 0. The smallest absolute Gasteiger partial charge is 0.254 e. The van der Waals surface area contributed by atoms with Crippen LogP contribution in [-0.2, 0) is 13.0 Å². The van der Waals surface area contributed by atoms with Gasteiger partial charge in [-0.15, -0.1) is 16.4 Å². The van der Waals surface area contributed by atoms with Gasteiger partial charge in [-0.1, -0.05) is 36.4 Å². The number of carbonyl (C=O) groups is 1. The van der Waals surface area contributed by atoms with Gasteiger partial charge in [0, 0.05) is 22.8 Å². The van der Waals surface area contributed by atoms with E-state index in [2.05, 4.69) is 20.4 Å². The number of hydrogen-bond donors (Lipinski definition) is 1. The molecule has 0 aliphatic rings. The monoisotopic (exact) mass is 375 g/mol. The average molecular weight is 375 g/mol. The van der Waals surface area contributed by atoms with Crippen LogP contribution in [0.3, 0.4) is 0 Å². The van der Waals surface area contributed by atoms with Crippen LogP contribution in [0.1, 0.15) is 15.2 Å². The molecule has 0 bridgehead atoms. The van der Waals surface area contributed by atoms with Crippen LogP contribution in [0.4, 0.5) is 5.95 Å². The third kappa shape index (κ3) is 4.09. The maximum atomic E-state index is 12.8.